The summed E-state index contributed by atoms with van der Waals surface area (Å²) in [6.07, 6.45) is 5.79. The van der Waals surface area contributed by atoms with Crippen LogP contribution in [0, 0.1) is 0 Å². The van der Waals surface area contributed by atoms with Crippen LogP contribution in [0.2, 0.25) is 5.02 Å². The van der Waals surface area contributed by atoms with Gasteiger partial charge in [-0.3, -0.25) is 4.79 Å². The second-order valence-electron chi connectivity index (χ2n) is 8.73. The van der Waals surface area contributed by atoms with Gasteiger partial charge in [0.2, 0.25) is 0 Å². The predicted octanol–water partition coefficient (Wildman–Crippen LogP) is 4.73. The summed E-state index contributed by atoms with van der Waals surface area (Å²) < 4.78 is 17.0. The van der Waals surface area contributed by atoms with Crippen molar-refractivity contribution in [2.24, 2.45) is 0 Å². The highest BCUT2D eigenvalue weighted by Crippen LogP contribution is 2.34. The summed E-state index contributed by atoms with van der Waals surface area (Å²) in [4.78, 5) is 29.4. The summed E-state index contributed by atoms with van der Waals surface area (Å²) in [6.45, 7) is 0.431. The fourth-order valence-corrected chi connectivity index (χ4v) is 4.72. The van der Waals surface area contributed by atoms with Gasteiger partial charge >= 0.3 is 0 Å². The average molecular weight is 520 g/mol. The van der Waals surface area contributed by atoms with Crippen molar-refractivity contribution in [2.75, 3.05) is 18.5 Å². The molecule has 0 radical (unpaired) electrons. The Balaban J connectivity index is 1.26. The van der Waals surface area contributed by atoms with Crippen molar-refractivity contribution in [1.82, 2.24) is 19.9 Å². The molecule has 5 aromatic rings. The maximum absolute atomic E-state index is 13.6. The summed E-state index contributed by atoms with van der Waals surface area (Å²) in [5, 5.41) is 13.5. The number of para-hydroxylation sites is 1. The summed E-state index contributed by atoms with van der Waals surface area (Å²) in [5.41, 5.74) is 2.43. The zero-order valence-corrected chi connectivity index (χ0v) is 20.2. The van der Waals surface area contributed by atoms with Gasteiger partial charge in [0.05, 0.1) is 41.3 Å². The fourth-order valence-electron chi connectivity index (χ4n) is 4.46. The van der Waals surface area contributed by atoms with Crippen LogP contribution in [0.1, 0.15) is 28.8 Å². The van der Waals surface area contributed by atoms with E-state index in [4.69, 9.17) is 25.5 Å². The predicted molar refractivity (Wildman–Crippen MR) is 136 cm³/mol. The van der Waals surface area contributed by atoms with Gasteiger partial charge in [-0.05, 0) is 37.1 Å². The fraction of sp³-hybridized carbons (Fsp3) is 0.231. The summed E-state index contributed by atoms with van der Waals surface area (Å²) in [5.74, 6) is 1.19. The molecule has 3 aromatic heterocycles. The van der Waals surface area contributed by atoms with Crippen LogP contribution in [0.3, 0.4) is 0 Å². The molecule has 1 aliphatic rings. The highest BCUT2D eigenvalue weighted by Gasteiger charge is 2.25. The van der Waals surface area contributed by atoms with E-state index in [-0.39, 0.29) is 29.6 Å². The van der Waals surface area contributed by atoms with Crippen molar-refractivity contribution >= 4 is 45.3 Å². The minimum atomic E-state index is -0.279. The largest absolute Gasteiger partial charge is 0.453 e. The van der Waals surface area contributed by atoms with Gasteiger partial charge in [-0.15, -0.1) is 0 Å². The van der Waals surface area contributed by atoms with E-state index in [1.165, 1.54) is 12.7 Å². The van der Waals surface area contributed by atoms with Gasteiger partial charge in [-0.2, -0.15) is 0 Å². The first-order valence-corrected chi connectivity index (χ1v) is 12.1. The number of rotatable bonds is 7. The molecule has 3 N–H and O–H groups in total. The number of aromatic amines is 1. The Morgan fingerprint density at radius 1 is 1.19 bits per heavy atom. The Morgan fingerprint density at radius 3 is 2.92 bits per heavy atom. The molecular weight excluding hydrogens is 498 g/mol. The van der Waals surface area contributed by atoms with Crippen molar-refractivity contribution < 1.29 is 23.8 Å². The van der Waals surface area contributed by atoms with E-state index >= 15 is 0 Å². The Hall–Kier alpha value is -3.99. The van der Waals surface area contributed by atoms with Crippen LogP contribution in [-0.2, 0) is 4.74 Å². The van der Waals surface area contributed by atoms with Crippen LogP contribution in [0.15, 0.2) is 59.7 Å². The van der Waals surface area contributed by atoms with Crippen molar-refractivity contribution in [2.45, 2.75) is 25.0 Å². The van der Waals surface area contributed by atoms with E-state index in [9.17, 15) is 9.90 Å². The van der Waals surface area contributed by atoms with E-state index < -0.39 is 0 Å². The molecule has 0 unspecified atom stereocenters. The van der Waals surface area contributed by atoms with E-state index in [0.717, 1.165) is 12.8 Å². The summed E-state index contributed by atoms with van der Waals surface area (Å²) in [7, 11) is 0. The van der Waals surface area contributed by atoms with Crippen molar-refractivity contribution in [1.29, 1.82) is 0 Å². The minimum absolute atomic E-state index is 0.00125. The molecule has 4 heterocycles. The number of aliphatic hydroxyl groups excluding tert-OH is 1. The minimum Gasteiger partial charge on any atom is -0.453 e. The molecule has 0 spiro atoms. The van der Waals surface area contributed by atoms with Crippen LogP contribution in [0.4, 0.5) is 5.82 Å². The van der Waals surface area contributed by atoms with Crippen molar-refractivity contribution in [3.63, 3.8) is 0 Å². The number of carbonyl (C=O) groups excluding carboxylic acids is 1. The quantitative estimate of drug-likeness (QED) is 0.261. The molecule has 1 saturated heterocycles. The van der Waals surface area contributed by atoms with Gasteiger partial charge in [0, 0.05) is 17.8 Å². The van der Waals surface area contributed by atoms with Crippen molar-refractivity contribution in [3.05, 3.63) is 71.5 Å². The maximum Gasteiger partial charge on any atom is 0.196 e. The number of halogens is 1. The van der Waals surface area contributed by atoms with Crippen LogP contribution in [0.5, 0.6) is 11.5 Å². The van der Waals surface area contributed by atoms with Crippen LogP contribution >= 0.6 is 11.6 Å². The Morgan fingerprint density at radius 2 is 2.11 bits per heavy atom. The number of ether oxygens (including phenoxy) is 2. The third kappa shape index (κ3) is 4.50. The number of benzene rings is 2. The average Bonchev–Trinajstić information content (AvgIpc) is 3.57. The molecule has 0 saturated carbocycles. The molecule has 10 nitrogen and oxygen atoms in total. The highest BCUT2D eigenvalue weighted by atomic mass is 35.5. The maximum atomic E-state index is 13.6. The SMILES string of the molecule is O=C(c1ccc(Oc2cccc3ncoc23)cc1Cl)c1c[nH]c2ncnc(N[C@@H]3CC[C@@H](CO)OC3)c12. The molecule has 2 atom stereocenters. The number of carbonyl (C=O) groups is 1. The first kappa shape index (κ1) is 23.4. The van der Waals surface area contributed by atoms with Crippen LogP contribution in [0.25, 0.3) is 22.1 Å². The molecule has 37 heavy (non-hydrogen) atoms. The van der Waals surface area contributed by atoms with E-state index in [1.54, 1.807) is 30.5 Å². The lowest BCUT2D eigenvalue weighted by Crippen LogP contribution is -2.36. The Bertz CT molecular complexity index is 1590. The molecular formula is C26H22ClN5O5. The number of ketones is 1. The van der Waals surface area contributed by atoms with Gasteiger partial charge in [-0.1, -0.05) is 17.7 Å². The second kappa shape index (κ2) is 9.81. The summed E-state index contributed by atoms with van der Waals surface area (Å²) >= 11 is 6.55. The number of nitrogens with zero attached hydrogens (tertiary/aromatic N) is 3. The third-order valence-corrected chi connectivity index (χ3v) is 6.68. The van der Waals surface area contributed by atoms with Gasteiger partial charge in [0.15, 0.2) is 23.5 Å². The van der Waals surface area contributed by atoms with E-state index in [2.05, 4.69) is 25.3 Å². The number of anilines is 1. The van der Waals surface area contributed by atoms with E-state index in [0.29, 0.717) is 57.2 Å². The zero-order valence-electron chi connectivity index (χ0n) is 19.5. The molecule has 0 bridgehead atoms. The molecule has 188 valence electrons. The third-order valence-electron chi connectivity index (χ3n) is 6.36. The Labute approximate surface area is 215 Å². The topological polar surface area (TPSA) is 135 Å². The lowest BCUT2D eigenvalue weighted by Gasteiger charge is -2.29. The van der Waals surface area contributed by atoms with Gasteiger partial charge in [0.25, 0.3) is 0 Å². The summed E-state index contributed by atoms with van der Waals surface area (Å²) in [6, 6.07) is 10.3. The van der Waals surface area contributed by atoms with Gasteiger partial charge in [0.1, 0.15) is 29.1 Å². The molecule has 11 heteroatoms. The normalized spacial score (nSPS) is 17.8. The van der Waals surface area contributed by atoms with Gasteiger partial charge in [-0.25, -0.2) is 15.0 Å². The highest BCUT2D eigenvalue weighted by molar-refractivity contribution is 6.35. The second-order valence-corrected chi connectivity index (χ2v) is 9.14. The number of hydrogen-bond acceptors (Lipinski definition) is 9. The number of aliphatic hydroxyl groups is 1. The number of fused-ring (bicyclic) bond motifs is 2. The number of nitrogens with one attached hydrogen (secondary N) is 2. The monoisotopic (exact) mass is 519 g/mol. The Kier molecular flexibility index (Phi) is 6.21. The zero-order chi connectivity index (χ0) is 25.4. The number of hydrogen-bond donors (Lipinski definition) is 3. The number of H-pyrrole nitrogens is 1. The van der Waals surface area contributed by atoms with Crippen LogP contribution in [-0.4, -0.2) is 56.2 Å². The smallest absolute Gasteiger partial charge is 0.196 e. The molecule has 0 aliphatic carbocycles. The molecule has 1 fully saturated rings. The molecule has 0 amide bonds. The molecule has 6 rings (SSSR count). The van der Waals surface area contributed by atoms with Gasteiger partial charge < -0.3 is 29.3 Å². The van der Waals surface area contributed by atoms with E-state index in [1.807, 2.05) is 12.1 Å². The lowest BCUT2D eigenvalue weighted by molar-refractivity contribution is -0.0224. The standard InChI is InChI=1S/C26H22ClN5O5/c27-19-8-15(37-21-3-1-2-20-24(21)36-13-31-20)6-7-17(19)23(34)18-9-28-25-22(18)26(30-12-29-25)32-14-4-5-16(10-33)35-11-14/h1-3,6-9,12-14,16,33H,4-5,10-11H2,(H2,28,29,30,32)/t14-,16+/m1/s1. The number of aromatic nitrogens is 4. The van der Waals surface area contributed by atoms with Crippen LogP contribution < -0.4 is 10.1 Å². The number of oxazole rings is 1. The molecule has 1 aliphatic heterocycles. The lowest BCUT2D eigenvalue weighted by atomic mass is 10.0. The first-order valence-electron chi connectivity index (χ1n) is 11.8. The first-order chi connectivity index (χ1) is 18.1. The van der Waals surface area contributed by atoms with Crippen molar-refractivity contribution in [3.8, 4) is 11.5 Å². The molecule has 2 aromatic carbocycles.